The van der Waals surface area contributed by atoms with Crippen LogP contribution in [0.15, 0.2) is 22.8 Å². The average molecular weight is 263 g/mol. The predicted octanol–water partition coefficient (Wildman–Crippen LogP) is 1.71. The molecule has 4 heteroatoms. The van der Waals surface area contributed by atoms with E-state index < -0.39 is 0 Å². The molecule has 0 spiro atoms. The van der Waals surface area contributed by atoms with Gasteiger partial charge in [0.1, 0.15) is 5.76 Å². The number of likely N-dealkylation sites (tertiary alicyclic amines) is 1. The van der Waals surface area contributed by atoms with E-state index in [4.69, 9.17) is 4.42 Å². The largest absolute Gasteiger partial charge is 0.468 e. The second-order valence-electron chi connectivity index (χ2n) is 6.11. The molecule has 1 aromatic rings. The number of hydrogen-bond acceptors (Lipinski definition) is 4. The van der Waals surface area contributed by atoms with Crippen LogP contribution in [0.2, 0.25) is 0 Å². The van der Waals surface area contributed by atoms with Crippen LogP contribution in [-0.2, 0) is 0 Å². The standard InChI is InChI=1S/C15H25N3O/c1-17(2)14(15-4-3-9-19-15)10-16-12-7-8-18(11-12)13-5-6-13/h3-4,9,12-14,16H,5-8,10-11H2,1-2H3. The highest BCUT2D eigenvalue weighted by atomic mass is 16.3. The molecule has 4 nitrogen and oxygen atoms in total. The Morgan fingerprint density at radius 1 is 1.42 bits per heavy atom. The van der Waals surface area contributed by atoms with Crippen molar-refractivity contribution in [1.82, 2.24) is 15.1 Å². The molecule has 106 valence electrons. The SMILES string of the molecule is CN(C)C(CNC1CCN(C2CC2)C1)c1ccco1. The van der Waals surface area contributed by atoms with Crippen molar-refractivity contribution in [2.24, 2.45) is 0 Å². The molecule has 1 aliphatic carbocycles. The lowest BCUT2D eigenvalue weighted by molar-refractivity contribution is 0.241. The second kappa shape index (κ2) is 5.65. The maximum atomic E-state index is 5.55. The van der Waals surface area contributed by atoms with Crippen molar-refractivity contribution >= 4 is 0 Å². The summed E-state index contributed by atoms with van der Waals surface area (Å²) in [5, 5.41) is 3.72. The monoisotopic (exact) mass is 263 g/mol. The summed E-state index contributed by atoms with van der Waals surface area (Å²) in [5.74, 6) is 1.05. The van der Waals surface area contributed by atoms with Gasteiger partial charge in [-0.05, 0) is 45.5 Å². The predicted molar refractivity (Wildman–Crippen MR) is 76.1 cm³/mol. The fourth-order valence-electron chi connectivity index (χ4n) is 3.02. The topological polar surface area (TPSA) is 31.6 Å². The fourth-order valence-corrected chi connectivity index (χ4v) is 3.02. The summed E-state index contributed by atoms with van der Waals surface area (Å²) in [6, 6.07) is 5.91. The molecular formula is C15H25N3O. The molecule has 2 fully saturated rings. The quantitative estimate of drug-likeness (QED) is 0.846. The Labute approximate surface area is 115 Å². The Balaban J connectivity index is 1.50. The van der Waals surface area contributed by atoms with Gasteiger partial charge in [-0.15, -0.1) is 0 Å². The number of rotatable bonds is 6. The molecule has 3 rings (SSSR count). The Morgan fingerprint density at radius 2 is 2.26 bits per heavy atom. The molecule has 2 atom stereocenters. The van der Waals surface area contributed by atoms with E-state index >= 15 is 0 Å². The maximum absolute atomic E-state index is 5.55. The first-order valence-electron chi connectivity index (χ1n) is 7.41. The van der Waals surface area contributed by atoms with Crippen LogP contribution in [0.1, 0.15) is 31.1 Å². The lowest BCUT2D eigenvalue weighted by atomic mass is 10.2. The first kappa shape index (κ1) is 13.2. The summed E-state index contributed by atoms with van der Waals surface area (Å²) >= 11 is 0. The van der Waals surface area contributed by atoms with Gasteiger partial charge in [-0.1, -0.05) is 0 Å². The van der Waals surface area contributed by atoms with Gasteiger partial charge in [-0.2, -0.15) is 0 Å². The van der Waals surface area contributed by atoms with Crippen LogP contribution >= 0.6 is 0 Å². The third kappa shape index (κ3) is 3.19. The van der Waals surface area contributed by atoms with Crippen LogP contribution in [0, 0.1) is 0 Å². The van der Waals surface area contributed by atoms with E-state index in [1.807, 2.05) is 6.07 Å². The molecule has 19 heavy (non-hydrogen) atoms. The zero-order valence-corrected chi connectivity index (χ0v) is 12.0. The van der Waals surface area contributed by atoms with Gasteiger partial charge in [0, 0.05) is 31.7 Å². The van der Waals surface area contributed by atoms with Crippen LogP contribution in [0.5, 0.6) is 0 Å². The minimum atomic E-state index is 0.324. The third-order valence-corrected chi connectivity index (χ3v) is 4.38. The first-order valence-corrected chi connectivity index (χ1v) is 7.41. The average Bonchev–Trinajstić information content (AvgIpc) is 2.91. The highest BCUT2D eigenvalue weighted by molar-refractivity contribution is 5.05. The van der Waals surface area contributed by atoms with Crippen LogP contribution < -0.4 is 5.32 Å². The third-order valence-electron chi connectivity index (χ3n) is 4.38. The Morgan fingerprint density at radius 3 is 2.89 bits per heavy atom. The highest BCUT2D eigenvalue weighted by Gasteiger charge is 2.34. The molecule has 1 aliphatic heterocycles. The minimum Gasteiger partial charge on any atom is -0.468 e. The fraction of sp³-hybridized carbons (Fsp3) is 0.733. The van der Waals surface area contributed by atoms with Gasteiger partial charge in [0.2, 0.25) is 0 Å². The number of likely N-dealkylation sites (N-methyl/N-ethyl adjacent to an activating group) is 1. The molecule has 1 saturated heterocycles. The van der Waals surface area contributed by atoms with Crippen LogP contribution in [0.3, 0.4) is 0 Å². The van der Waals surface area contributed by atoms with Crippen molar-refractivity contribution in [3.05, 3.63) is 24.2 Å². The van der Waals surface area contributed by atoms with E-state index in [0.29, 0.717) is 12.1 Å². The van der Waals surface area contributed by atoms with E-state index in [1.165, 1.54) is 32.4 Å². The van der Waals surface area contributed by atoms with Gasteiger partial charge in [-0.3, -0.25) is 9.80 Å². The van der Waals surface area contributed by atoms with E-state index in [1.54, 1.807) is 6.26 Å². The first-order chi connectivity index (χ1) is 9.24. The van der Waals surface area contributed by atoms with E-state index in [9.17, 15) is 0 Å². The van der Waals surface area contributed by atoms with Crippen molar-refractivity contribution in [3.63, 3.8) is 0 Å². The normalized spacial score (nSPS) is 26.2. The number of furan rings is 1. The Hall–Kier alpha value is -0.840. The second-order valence-corrected chi connectivity index (χ2v) is 6.11. The van der Waals surface area contributed by atoms with Crippen molar-refractivity contribution in [2.45, 2.75) is 37.4 Å². The molecule has 0 bridgehead atoms. The molecule has 1 saturated carbocycles. The van der Waals surface area contributed by atoms with Crippen LogP contribution in [0.4, 0.5) is 0 Å². The van der Waals surface area contributed by atoms with E-state index in [0.717, 1.165) is 18.3 Å². The van der Waals surface area contributed by atoms with Crippen molar-refractivity contribution in [3.8, 4) is 0 Å². The van der Waals surface area contributed by atoms with Crippen LogP contribution in [-0.4, -0.2) is 55.6 Å². The molecule has 2 aliphatic rings. The summed E-state index contributed by atoms with van der Waals surface area (Å²) in [6.07, 6.45) is 5.88. The lowest BCUT2D eigenvalue weighted by Gasteiger charge is -2.24. The van der Waals surface area contributed by atoms with Gasteiger partial charge in [0.15, 0.2) is 0 Å². The molecule has 2 unspecified atom stereocenters. The van der Waals surface area contributed by atoms with Crippen molar-refractivity contribution < 1.29 is 4.42 Å². The molecule has 0 aromatic carbocycles. The molecule has 2 heterocycles. The number of nitrogens with one attached hydrogen (secondary N) is 1. The summed E-state index contributed by atoms with van der Waals surface area (Å²) in [4.78, 5) is 4.87. The number of hydrogen-bond donors (Lipinski definition) is 1. The zero-order chi connectivity index (χ0) is 13.2. The maximum Gasteiger partial charge on any atom is 0.122 e. The van der Waals surface area contributed by atoms with Gasteiger partial charge in [0.25, 0.3) is 0 Å². The van der Waals surface area contributed by atoms with Gasteiger partial charge in [-0.25, -0.2) is 0 Å². The van der Waals surface area contributed by atoms with E-state index in [2.05, 4.69) is 35.3 Å². The molecule has 1 N–H and O–H groups in total. The number of nitrogens with zero attached hydrogens (tertiary/aromatic N) is 2. The van der Waals surface area contributed by atoms with E-state index in [-0.39, 0.29) is 0 Å². The minimum absolute atomic E-state index is 0.324. The lowest BCUT2D eigenvalue weighted by Crippen LogP contribution is -2.38. The molecular weight excluding hydrogens is 238 g/mol. The molecule has 0 radical (unpaired) electrons. The summed E-state index contributed by atoms with van der Waals surface area (Å²) in [5.41, 5.74) is 0. The van der Waals surface area contributed by atoms with Crippen molar-refractivity contribution in [1.29, 1.82) is 0 Å². The Bertz CT molecular complexity index is 386. The summed E-state index contributed by atoms with van der Waals surface area (Å²) < 4.78 is 5.55. The Kier molecular flexibility index (Phi) is 3.91. The van der Waals surface area contributed by atoms with Gasteiger partial charge >= 0.3 is 0 Å². The highest BCUT2D eigenvalue weighted by Crippen LogP contribution is 2.30. The van der Waals surface area contributed by atoms with Gasteiger partial charge < -0.3 is 9.73 Å². The summed E-state index contributed by atoms with van der Waals surface area (Å²) in [7, 11) is 4.22. The van der Waals surface area contributed by atoms with Crippen molar-refractivity contribution in [2.75, 3.05) is 33.7 Å². The molecule has 0 amide bonds. The zero-order valence-electron chi connectivity index (χ0n) is 12.0. The van der Waals surface area contributed by atoms with Gasteiger partial charge in [0.05, 0.1) is 12.3 Å². The van der Waals surface area contributed by atoms with Crippen LogP contribution in [0.25, 0.3) is 0 Å². The summed E-state index contributed by atoms with van der Waals surface area (Å²) in [6.45, 7) is 3.46. The molecule has 1 aromatic heterocycles. The smallest absolute Gasteiger partial charge is 0.122 e.